The molecule has 0 aliphatic rings. The smallest absolute Gasteiger partial charge is 0.244 e. The highest BCUT2D eigenvalue weighted by molar-refractivity contribution is 7.92. The third-order valence-electron chi connectivity index (χ3n) is 5.47. The minimum absolute atomic E-state index is 0.00395. The molecule has 0 bridgehead atoms. The molecule has 0 aliphatic carbocycles. The highest BCUT2D eigenvalue weighted by Gasteiger charge is 2.30. The Morgan fingerprint density at radius 1 is 1.06 bits per heavy atom. The zero-order valence-corrected chi connectivity index (χ0v) is 22.6. The second-order valence-corrected chi connectivity index (χ2v) is 11.9. The number of hydrogen-bond donors (Lipinski definition) is 1. The van der Waals surface area contributed by atoms with E-state index in [1.807, 2.05) is 12.1 Å². The Morgan fingerprint density at radius 2 is 1.65 bits per heavy atom. The van der Waals surface area contributed by atoms with Crippen LogP contribution in [-0.4, -0.2) is 51.0 Å². The molecule has 0 unspecified atom stereocenters. The van der Waals surface area contributed by atoms with Crippen LogP contribution >= 0.6 is 23.2 Å². The highest BCUT2D eigenvalue weighted by atomic mass is 35.5. The van der Waals surface area contributed by atoms with Crippen molar-refractivity contribution < 1.29 is 18.0 Å². The fourth-order valence-electron chi connectivity index (χ4n) is 3.37. The summed E-state index contributed by atoms with van der Waals surface area (Å²) in [6.45, 7) is 7.27. The summed E-state index contributed by atoms with van der Waals surface area (Å²) in [5.41, 5.74) is 1.86. The summed E-state index contributed by atoms with van der Waals surface area (Å²) >= 11 is 12.3. The summed E-state index contributed by atoms with van der Waals surface area (Å²) in [6.07, 6.45) is 1.04. The second-order valence-electron chi connectivity index (χ2n) is 9.11. The average molecular weight is 529 g/mol. The Balaban J connectivity index is 2.41. The molecule has 2 amide bonds. The van der Waals surface area contributed by atoms with E-state index in [1.165, 1.54) is 11.9 Å². The van der Waals surface area contributed by atoms with Gasteiger partial charge in [0.05, 0.1) is 11.9 Å². The van der Waals surface area contributed by atoms with Crippen molar-refractivity contribution in [1.82, 2.24) is 10.2 Å². The summed E-state index contributed by atoms with van der Waals surface area (Å²) in [4.78, 5) is 27.1. The van der Waals surface area contributed by atoms with Gasteiger partial charge in [0.25, 0.3) is 0 Å². The first-order valence-electron chi connectivity index (χ1n) is 10.7. The lowest BCUT2D eigenvalue weighted by atomic mass is 9.87. The lowest BCUT2D eigenvalue weighted by Crippen LogP contribution is -2.50. The lowest BCUT2D eigenvalue weighted by Gasteiger charge is -2.31. The van der Waals surface area contributed by atoms with Crippen LogP contribution in [0.25, 0.3) is 0 Å². The van der Waals surface area contributed by atoms with E-state index in [2.05, 4.69) is 26.1 Å². The molecule has 1 N–H and O–H groups in total. The molecule has 2 rings (SSSR count). The maximum absolute atomic E-state index is 13.4. The fraction of sp³-hybridized carbons (Fsp3) is 0.417. The number of likely N-dealkylation sites (N-methyl/N-ethyl adjacent to an activating group) is 1. The largest absolute Gasteiger partial charge is 0.357 e. The van der Waals surface area contributed by atoms with Gasteiger partial charge in [-0.15, -0.1) is 0 Å². The van der Waals surface area contributed by atoms with Gasteiger partial charge in [0.2, 0.25) is 21.8 Å². The molecule has 2 aromatic rings. The van der Waals surface area contributed by atoms with E-state index in [-0.39, 0.29) is 17.9 Å². The zero-order chi connectivity index (χ0) is 25.8. The molecular weight excluding hydrogens is 497 g/mol. The number of nitrogens with one attached hydrogen (secondary N) is 1. The molecule has 0 aliphatic heterocycles. The SMILES string of the molecule is CNC(=O)[C@@H](C)N(Cc1ccc(Cl)cc1Cl)C(=O)CN(c1ccc(C(C)(C)C)cc1)S(C)(=O)=O. The average Bonchev–Trinajstić information content (AvgIpc) is 2.74. The van der Waals surface area contributed by atoms with E-state index < -0.39 is 28.5 Å². The number of halogens is 2. The number of nitrogens with zero attached hydrogens (tertiary/aromatic N) is 2. The molecule has 0 heterocycles. The van der Waals surface area contributed by atoms with Gasteiger partial charge in [-0.05, 0) is 47.7 Å². The van der Waals surface area contributed by atoms with Gasteiger partial charge in [0.15, 0.2) is 0 Å². The predicted octanol–water partition coefficient (Wildman–Crippen LogP) is 4.22. The van der Waals surface area contributed by atoms with E-state index in [1.54, 1.807) is 37.3 Å². The van der Waals surface area contributed by atoms with Crippen molar-refractivity contribution in [3.8, 4) is 0 Å². The van der Waals surface area contributed by atoms with Crippen molar-refractivity contribution in [3.63, 3.8) is 0 Å². The van der Waals surface area contributed by atoms with Crippen LogP contribution in [0.4, 0.5) is 5.69 Å². The Hall–Kier alpha value is -2.29. The van der Waals surface area contributed by atoms with E-state index in [4.69, 9.17) is 23.2 Å². The van der Waals surface area contributed by atoms with Gasteiger partial charge in [-0.2, -0.15) is 0 Å². The Bertz CT molecular complexity index is 1150. The van der Waals surface area contributed by atoms with Gasteiger partial charge >= 0.3 is 0 Å². The first-order chi connectivity index (χ1) is 15.6. The van der Waals surface area contributed by atoms with Crippen molar-refractivity contribution in [1.29, 1.82) is 0 Å². The number of carbonyl (C=O) groups is 2. The molecule has 0 radical (unpaired) electrons. The zero-order valence-electron chi connectivity index (χ0n) is 20.2. The van der Waals surface area contributed by atoms with Gasteiger partial charge in [-0.25, -0.2) is 8.42 Å². The first kappa shape index (κ1) is 28.0. The molecule has 2 aromatic carbocycles. The first-order valence-corrected chi connectivity index (χ1v) is 13.3. The molecule has 1 atom stereocenters. The van der Waals surface area contributed by atoms with Gasteiger partial charge in [0.1, 0.15) is 12.6 Å². The van der Waals surface area contributed by atoms with Crippen LogP contribution in [0.2, 0.25) is 10.0 Å². The third kappa shape index (κ3) is 7.10. The molecule has 0 saturated carbocycles. The minimum atomic E-state index is -3.79. The molecule has 0 aromatic heterocycles. The summed E-state index contributed by atoms with van der Waals surface area (Å²) in [7, 11) is -2.32. The third-order valence-corrected chi connectivity index (χ3v) is 7.20. The van der Waals surface area contributed by atoms with Crippen LogP contribution in [0.1, 0.15) is 38.8 Å². The van der Waals surface area contributed by atoms with Gasteiger partial charge < -0.3 is 10.2 Å². The quantitative estimate of drug-likeness (QED) is 0.556. The van der Waals surface area contributed by atoms with Crippen molar-refractivity contribution >= 4 is 50.7 Å². The van der Waals surface area contributed by atoms with Crippen LogP contribution in [0.3, 0.4) is 0 Å². The van der Waals surface area contributed by atoms with Gasteiger partial charge in [0, 0.05) is 23.6 Å². The molecular formula is C24H31Cl2N3O4S. The van der Waals surface area contributed by atoms with Crippen LogP contribution < -0.4 is 9.62 Å². The van der Waals surface area contributed by atoms with Crippen LogP contribution in [0.15, 0.2) is 42.5 Å². The standard InChI is InChI=1S/C24H31Cl2N3O4S/c1-16(23(31)27-5)28(14-17-7-10-19(25)13-21(17)26)22(30)15-29(34(6,32)33)20-11-8-18(9-12-20)24(2,3)4/h7-13,16H,14-15H2,1-6H3,(H,27,31)/t16-/m1/s1. The molecule has 0 saturated heterocycles. The van der Waals surface area contributed by atoms with Crippen molar-refractivity contribution in [2.45, 2.75) is 45.7 Å². The van der Waals surface area contributed by atoms with Gasteiger partial charge in [-0.1, -0.05) is 62.2 Å². The van der Waals surface area contributed by atoms with Crippen molar-refractivity contribution in [3.05, 3.63) is 63.6 Å². The van der Waals surface area contributed by atoms with E-state index in [0.717, 1.165) is 16.1 Å². The van der Waals surface area contributed by atoms with E-state index in [0.29, 0.717) is 21.3 Å². The number of anilines is 1. The molecule has 10 heteroatoms. The number of amides is 2. The molecule has 34 heavy (non-hydrogen) atoms. The van der Waals surface area contributed by atoms with Crippen LogP contribution in [0, 0.1) is 0 Å². The predicted molar refractivity (Wildman–Crippen MR) is 138 cm³/mol. The summed E-state index contributed by atoms with van der Waals surface area (Å²) in [5, 5.41) is 3.30. The number of benzene rings is 2. The summed E-state index contributed by atoms with van der Waals surface area (Å²) in [5.74, 6) is -0.939. The number of carbonyl (C=O) groups excluding carboxylic acids is 2. The Morgan fingerprint density at radius 3 is 2.12 bits per heavy atom. The second kappa shape index (κ2) is 11.0. The van der Waals surface area contributed by atoms with Gasteiger partial charge in [-0.3, -0.25) is 13.9 Å². The number of hydrogen-bond acceptors (Lipinski definition) is 4. The normalized spacial score (nSPS) is 12.7. The lowest BCUT2D eigenvalue weighted by molar-refractivity contribution is -0.139. The topological polar surface area (TPSA) is 86.8 Å². The van der Waals surface area contributed by atoms with E-state index >= 15 is 0 Å². The fourth-order valence-corrected chi connectivity index (χ4v) is 4.68. The van der Waals surface area contributed by atoms with E-state index in [9.17, 15) is 18.0 Å². The van der Waals surface area contributed by atoms with Crippen LogP contribution in [-0.2, 0) is 31.6 Å². The molecule has 7 nitrogen and oxygen atoms in total. The maximum Gasteiger partial charge on any atom is 0.244 e. The van der Waals surface area contributed by atoms with Crippen molar-refractivity contribution in [2.24, 2.45) is 0 Å². The van der Waals surface area contributed by atoms with Crippen LogP contribution in [0.5, 0.6) is 0 Å². The number of sulfonamides is 1. The number of rotatable bonds is 8. The summed E-state index contributed by atoms with van der Waals surface area (Å²) in [6, 6.07) is 11.0. The molecule has 186 valence electrons. The van der Waals surface area contributed by atoms with Crippen molar-refractivity contribution in [2.75, 3.05) is 24.2 Å². The maximum atomic E-state index is 13.4. The molecule has 0 spiro atoms. The minimum Gasteiger partial charge on any atom is -0.357 e. The Labute approximate surface area is 212 Å². The Kier molecular flexibility index (Phi) is 9.02. The monoisotopic (exact) mass is 527 g/mol. The highest BCUT2D eigenvalue weighted by Crippen LogP contribution is 2.27. The molecule has 0 fully saturated rings. The summed E-state index contributed by atoms with van der Waals surface area (Å²) < 4.78 is 26.3.